The average Bonchev–Trinajstić information content (AvgIpc) is 2.78. The fourth-order valence-electron chi connectivity index (χ4n) is 3.39. The van der Waals surface area contributed by atoms with E-state index in [-0.39, 0.29) is 5.41 Å². The summed E-state index contributed by atoms with van der Waals surface area (Å²) in [6.07, 6.45) is 1.80. The number of rotatable bonds is 2. The van der Waals surface area contributed by atoms with Crippen LogP contribution in [0, 0.1) is 0 Å². The lowest BCUT2D eigenvalue weighted by molar-refractivity contribution is 0.543. The smallest absolute Gasteiger partial charge is 0.182 e. The van der Waals surface area contributed by atoms with Crippen molar-refractivity contribution in [1.82, 2.24) is 24.9 Å². The monoisotopic (exact) mass is 391 g/mol. The number of fused-ring (bicyclic) bond motifs is 3. The van der Waals surface area contributed by atoms with Gasteiger partial charge in [0.1, 0.15) is 11.5 Å². The summed E-state index contributed by atoms with van der Waals surface area (Å²) in [5.41, 5.74) is 3.19. The van der Waals surface area contributed by atoms with Gasteiger partial charge >= 0.3 is 0 Å². The highest BCUT2D eigenvalue weighted by atomic mass is 15.1. The van der Waals surface area contributed by atoms with Gasteiger partial charge in [-0.3, -0.25) is 4.98 Å². The van der Waals surface area contributed by atoms with Gasteiger partial charge in [-0.1, -0.05) is 75.4 Å². The molecule has 5 rings (SSSR count). The first-order valence-electron chi connectivity index (χ1n) is 9.96. The van der Waals surface area contributed by atoms with Crippen LogP contribution >= 0.6 is 0 Å². The van der Waals surface area contributed by atoms with Gasteiger partial charge in [0.15, 0.2) is 11.6 Å². The summed E-state index contributed by atoms with van der Waals surface area (Å²) in [5.74, 6) is 1.97. The molecule has 0 spiro atoms. The molecular formula is C25H21N5. The van der Waals surface area contributed by atoms with Gasteiger partial charge in [0, 0.05) is 27.9 Å². The maximum Gasteiger partial charge on any atom is 0.182 e. The summed E-state index contributed by atoms with van der Waals surface area (Å²) in [7, 11) is 0. The van der Waals surface area contributed by atoms with E-state index in [2.05, 4.69) is 44.0 Å². The van der Waals surface area contributed by atoms with Crippen molar-refractivity contribution < 1.29 is 0 Å². The summed E-state index contributed by atoms with van der Waals surface area (Å²) in [6, 6.07) is 22.1. The molecule has 0 aliphatic carbocycles. The van der Waals surface area contributed by atoms with Crippen LogP contribution in [-0.4, -0.2) is 24.9 Å². The minimum Gasteiger partial charge on any atom is -0.254 e. The lowest BCUT2D eigenvalue weighted by Gasteiger charge is -2.18. The van der Waals surface area contributed by atoms with Gasteiger partial charge in [0.25, 0.3) is 0 Å². The normalized spacial score (nSPS) is 11.8. The van der Waals surface area contributed by atoms with E-state index >= 15 is 0 Å². The van der Waals surface area contributed by atoms with Crippen molar-refractivity contribution in [2.45, 2.75) is 26.2 Å². The molecule has 3 aromatic heterocycles. The quantitative estimate of drug-likeness (QED) is 0.367. The van der Waals surface area contributed by atoms with Crippen LogP contribution in [0.15, 0.2) is 72.9 Å². The molecule has 0 aliphatic rings. The minimum atomic E-state index is -0.216. The third-order valence-electron chi connectivity index (χ3n) is 5.00. The zero-order valence-electron chi connectivity index (χ0n) is 17.2. The SMILES string of the molecule is CC(C)(C)c1nc(-c2ccccc2)nc(-c2ccc3ccc4cccnc4c3n2)n1. The first-order chi connectivity index (χ1) is 14.5. The third kappa shape index (κ3) is 3.28. The Morgan fingerprint density at radius 2 is 1.30 bits per heavy atom. The van der Waals surface area contributed by atoms with Crippen LogP contribution in [-0.2, 0) is 5.41 Å². The van der Waals surface area contributed by atoms with Crippen LogP contribution in [0.25, 0.3) is 44.7 Å². The maximum atomic E-state index is 4.92. The van der Waals surface area contributed by atoms with Crippen molar-refractivity contribution in [3.8, 4) is 22.9 Å². The molecule has 30 heavy (non-hydrogen) atoms. The highest BCUT2D eigenvalue weighted by molar-refractivity contribution is 6.03. The lowest BCUT2D eigenvalue weighted by Crippen LogP contribution is -2.18. The Balaban J connectivity index is 1.75. The van der Waals surface area contributed by atoms with E-state index in [1.54, 1.807) is 6.20 Å². The molecule has 0 bridgehead atoms. The molecule has 0 atom stereocenters. The van der Waals surface area contributed by atoms with Crippen LogP contribution in [0.2, 0.25) is 0 Å². The molecule has 0 N–H and O–H groups in total. The van der Waals surface area contributed by atoms with Gasteiger partial charge in [-0.25, -0.2) is 19.9 Å². The van der Waals surface area contributed by atoms with Gasteiger partial charge in [0.2, 0.25) is 0 Å². The summed E-state index contributed by atoms with van der Waals surface area (Å²) >= 11 is 0. The molecule has 0 saturated carbocycles. The predicted octanol–water partition coefficient (Wildman–Crippen LogP) is 5.60. The van der Waals surface area contributed by atoms with Gasteiger partial charge in [-0.05, 0) is 12.1 Å². The maximum absolute atomic E-state index is 4.92. The number of nitrogens with zero attached hydrogens (tertiary/aromatic N) is 5. The van der Waals surface area contributed by atoms with Crippen LogP contribution in [0.1, 0.15) is 26.6 Å². The van der Waals surface area contributed by atoms with Crippen LogP contribution in [0.4, 0.5) is 0 Å². The van der Waals surface area contributed by atoms with Gasteiger partial charge in [-0.2, -0.15) is 0 Å². The minimum absolute atomic E-state index is 0.216. The standard InChI is InChI=1S/C25H21N5/c1-25(2,3)24-29-22(18-8-5-4-6-9-18)28-23(30-24)19-14-13-17-12-11-16-10-7-15-26-20(16)21(17)27-19/h4-15H,1-3H3. The van der Waals surface area contributed by atoms with E-state index < -0.39 is 0 Å². The Morgan fingerprint density at radius 3 is 2.07 bits per heavy atom. The number of hydrogen-bond donors (Lipinski definition) is 0. The molecular weight excluding hydrogens is 370 g/mol. The van der Waals surface area contributed by atoms with Crippen LogP contribution in [0.3, 0.4) is 0 Å². The molecule has 5 aromatic rings. The molecule has 0 unspecified atom stereocenters. The molecule has 2 aromatic carbocycles. The molecule has 0 aliphatic heterocycles. The van der Waals surface area contributed by atoms with Crippen molar-refractivity contribution >= 4 is 21.8 Å². The van der Waals surface area contributed by atoms with E-state index in [1.807, 2.05) is 48.5 Å². The van der Waals surface area contributed by atoms with E-state index in [9.17, 15) is 0 Å². The summed E-state index contributed by atoms with van der Waals surface area (Å²) in [6.45, 7) is 6.31. The summed E-state index contributed by atoms with van der Waals surface area (Å²) in [4.78, 5) is 23.8. The first-order valence-corrected chi connectivity index (χ1v) is 9.96. The number of benzene rings is 2. The van der Waals surface area contributed by atoms with E-state index in [1.165, 1.54) is 0 Å². The second-order valence-electron chi connectivity index (χ2n) is 8.33. The molecule has 0 amide bonds. The molecule has 0 radical (unpaired) electrons. The molecule has 5 nitrogen and oxygen atoms in total. The lowest BCUT2D eigenvalue weighted by atomic mass is 9.95. The molecule has 146 valence electrons. The number of aromatic nitrogens is 5. The fourth-order valence-corrected chi connectivity index (χ4v) is 3.39. The van der Waals surface area contributed by atoms with Crippen LogP contribution < -0.4 is 0 Å². The number of hydrogen-bond acceptors (Lipinski definition) is 5. The highest BCUT2D eigenvalue weighted by Gasteiger charge is 2.21. The van der Waals surface area contributed by atoms with Crippen molar-refractivity contribution in [1.29, 1.82) is 0 Å². The zero-order chi connectivity index (χ0) is 20.7. The predicted molar refractivity (Wildman–Crippen MR) is 120 cm³/mol. The Morgan fingerprint density at radius 1 is 0.600 bits per heavy atom. The Labute approximate surface area is 174 Å². The fraction of sp³-hybridized carbons (Fsp3) is 0.160. The van der Waals surface area contributed by atoms with Crippen molar-refractivity contribution in [2.24, 2.45) is 0 Å². The van der Waals surface area contributed by atoms with Crippen molar-refractivity contribution in [3.05, 3.63) is 78.8 Å². The van der Waals surface area contributed by atoms with E-state index in [4.69, 9.17) is 19.9 Å². The number of pyridine rings is 2. The molecule has 0 saturated heterocycles. The molecule has 0 fully saturated rings. The summed E-state index contributed by atoms with van der Waals surface area (Å²) < 4.78 is 0. The van der Waals surface area contributed by atoms with Gasteiger partial charge in [0.05, 0.1) is 11.0 Å². The Hall–Kier alpha value is -3.73. The largest absolute Gasteiger partial charge is 0.254 e. The topological polar surface area (TPSA) is 64.5 Å². The highest BCUT2D eigenvalue weighted by Crippen LogP contribution is 2.27. The van der Waals surface area contributed by atoms with E-state index in [0.29, 0.717) is 17.3 Å². The van der Waals surface area contributed by atoms with Crippen LogP contribution in [0.5, 0.6) is 0 Å². The zero-order valence-corrected chi connectivity index (χ0v) is 17.2. The van der Waals surface area contributed by atoms with Crippen molar-refractivity contribution in [2.75, 3.05) is 0 Å². The first kappa shape index (κ1) is 18.3. The Bertz CT molecular complexity index is 1370. The average molecular weight is 391 g/mol. The van der Waals surface area contributed by atoms with Gasteiger partial charge < -0.3 is 0 Å². The second-order valence-corrected chi connectivity index (χ2v) is 8.33. The Kier molecular flexibility index (Phi) is 4.24. The van der Waals surface area contributed by atoms with Gasteiger partial charge in [-0.15, -0.1) is 0 Å². The second kappa shape index (κ2) is 6.95. The third-order valence-corrected chi connectivity index (χ3v) is 5.00. The van der Waals surface area contributed by atoms with E-state index in [0.717, 1.165) is 33.2 Å². The molecule has 5 heteroatoms. The molecule has 3 heterocycles. The summed E-state index contributed by atoms with van der Waals surface area (Å²) in [5, 5.41) is 2.10. The van der Waals surface area contributed by atoms with Crippen molar-refractivity contribution in [3.63, 3.8) is 0 Å².